The molecule has 2 aromatic carbocycles. The second kappa shape index (κ2) is 7.55. The second-order valence-electron chi connectivity index (χ2n) is 6.27. The molecule has 0 aliphatic carbocycles. The Balaban J connectivity index is 1.75. The maximum atomic E-state index is 13.5. The van der Waals surface area contributed by atoms with Crippen LogP contribution in [0.5, 0.6) is 5.75 Å². The first-order chi connectivity index (χ1) is 12.1. The molecule has 1 heterocycles. The van der Waals surface area contributed by atoms with Crippen LogP contribution < -0.4 is 15.0 Å². The van der Waals surface area contributed by atoms with Crippen molar-refractivity contribution in [2.24, 2.45) is 0 Å². The third kappa shape index (κ3) is 3.92. The highest BCUT2D eigenvalue weighted by Crippen LogP contribution is 2.31. The number of fused-ring (bicyclic) bond motifs is 1. The molecule has 0 saturated carbocycles. The zero-order chi connectivity index (χ0) is 17.8. The molecule has 2 aromatic rings. The van der Waals surface area contributed by atoms with Gasteiger partial charge in [-0.2, -0.15) is 0 Å². The van der Waals surface area contributed by atoms with Gasteiger partial charge in [-0.1, -0.05) is 12.1 Å². The molecule has 0 spiro atoms. The molecule has 4 nitrogen and oxygen atoms in total. The van der Waals surface area contributed by atoms with Gasteiger partial charge in [-0.25, -0.2) is 4.39 Å². The number of rotatable bonds is 5. The first-order valence-corrected chi connectivity index (χ1v) is 8.65. The average Bonchev–Trinajstić information content (AvgIpc) is 2.59. The van der Waals surface area contributed by atoms with E-state index in [1.54, 1.807) is 12.1 Å². The number of amides is 1. The molecule has 0 aromatic heterocycles. The van der Waals surface area contributed by atoms with Gasteiger partial charge in [-0.15, -0.1) is 0 Å². The van der Waals surface area contributed by atoms with Crippen LogP contribution >= 0.6 is 0 Å². The molecule has 0 saturated heterocycles. The lowest BCUT2D eigenvalue weighted by molar-refractivity contribution is -0.115. The minimum absolute atomic E-state index is 0.115. The summed E-state index contributed by atoms with van der Waals surface area (Å²) in [5, 5.41) is 2.93. The summed E-state index contributed by atoms with van der Waals surface area (Å²) in [6.07, 6.45) is 1.73. The van der Waals surface area contributed by atoms with Crippen LogP contribution in [0.2, 0.25) is 0 Å². The summed E-state index contributed by atoms with van der Waals surface area (Å²) in [5.41, 5.74) is 2.56. The molecule has 0 radical (unpaired) electrons. The maximum Gasteiger partial charge on any atom is 0.244 e. The Hall–Kier alpha value is -2.56. The lowest BCUT2D eigenvalue weighted by Crippen LogP contribution is -2.42. The Kier molecular flexibility index (Phi) is 5.22. The van der Waals surface area contributed by atoms with Crippen LogP contribution in [0.3, 0.4) is 0 Å². The van der Waals surface area contributed by atoms with Crippen molar-refractivity contribution in [3.63, 3.8) is 0 Å². The molecule has 5 heteroatoms. The van der Waals surface area contributed by atoms with Crippen molar-refractivity contribution >= 4 is 17.3 Å². The van der Waals surface area contributed by atoms with E-state index < -0.39 is 0 Å². The fourth-order valence-corrected chi connectivity index (χ4v) is 3.23. The number of aryl methyl sites for hydroxylation is 1. The van der Waals surface area contributed by atoms with E-state index in [0.717, 1.165) is 24.1 Å². The van der Waals surface area contributed by atoms with Crippen LogP contribution in [0.15, 0.2) is 42.5 Å². The molecule has 0 fully saturated rings. The van der Waals surface area contributed by atoms with Crippen LogP contribution in [-0.4, -0.2) is 25.1 Å². The molecule has 1 N–H and O–H groups in total. The van der Waals surface area contributed by atoms with Crippen LogP contribution in [-0.2, 0) is 11.2 Å². The topological polar surface area (TPSA) is 41.6 Å². The van der Waals surface area contributed by atoms with Gasteiger partial charge in [0, 0.05) is 11.7 Å². The van der Waals surface area contributed by atoms with E-state index in [2.05, 4.69) is 12.2 Å². The minimum atomic E-state index is -0.233. The van der Waals surface area contributed by atoms with Crippen LogP contribution in [0.1, 0.15) is 25.8 Å². The summed E-state index contributed by atoms with van der Waals surface area (Å²) >= 11 is 0. The van der Waals surface area contributed by atoms with Gasteiger partial charge in [0.1, 0.15) is 11.6 Å². The van der Waals surface area contributed by atoms with Gasteiger partial charge >= 0.3 is 0 Å². The molecule has 1 amide bonds. The zero-order valence-corrected chi connectivity index (χ0v) is 14.6. The molecule has 1 aliphatic heterocycles. The fraction of sp³-hybridized carbons (Fsp3) is 0.350. The minimum Gasteiger partial charge on any atom is -0.492 e. The molecule has 3 rings (SSSR count). The monoisotopic (exact) mass is 342 g/mol. The Morgan fingerprint density at radius 2 is 2.12 bits per heavy atom. The summed E-state index contributed by atoms with van der Waals surface area (Å²) in [4.78, 5) is 14.6. The molecule has 1 aliphatic rings. The van der Waals surface area contributed by atoms with Crippen molar-refractivity contribution in [1.82, 2.24) is 0 Å². The number of anilines is 2. The van der Waals surface area contributed by atoms with E-state index in [4.69, 9.17) is 4.74 Å². The Morgan fingerprint density at radius 3 is 2.92 bits per heavy atom. The van der Waals surface area contributed by atoms with Gasteiger partial charge in [-0.3, -0.25) is 4.79 Å². The van der Waals surface area contributed by atoms with Crippen molar-refractivity contribution in [3.05, 3.63) is 53.8 Å². The predicted octanol–water partition coefficient (Wildman–Crippen LogP) is 4.00. The predicted molar refractivity (Wildman–Crippen MR) is 97.8 cm³/mol. The van der Waals surface area contributed by atoms with Crippen molar-refractivity contribution < 1.29 is 13.9 Å². The van der Waals surface area contributed by atoms with Gasteiger partial charge in [0.25, 0.3) is 0 Å². The molecule has 1 unspecified atom stereocenters. The number of halogens is 1. The fourth-order valence-electron chi connectivity index (χ4n) is 3.23. The van der Waals surface area contributed by atoms with Crippen LogP contribution in [0, 0.1) is 5.82 Å². The smallest absolute Gasteiger partial charge is 0.244 e. The van der Waals surface area contributed by atoms with Crippen molar-refractivity contribution in [2.45, 2.75) is 32.7 Å². The molecule has 132 valence electrons. The number of hydrogen-bond acceptors (Lipinski definition) is 3. The first-order valence-electron chi connectivity index (χ1n) is 8.65. The standard InChI is InChI=1S/C20H23FN2O2/c1-3-25-19-7-5-4-6-17(19)22-20(24)13-23-14(2)8-9-15-12-16(21)10-11-18(15)23/h4-7,10-12,14H,3,8-9,13H2,1-2H3,(H,22,24). The summed E-state index contributed by atoms with van der Waals surface area (Å²) < 4.78 is 19.0. The van der Waals surface area contributed by atoms with E-state index >= 15 is 0 Å². The second-order valence-corrected chi connectivity index (χ2v) is 6.27. The lowest BCUT2D eigenvalue weighted by atomic mass is 9.96. The Labute approximate surface area is 147 Å². The van der Waals surface area contributed by atoms with E-state index in [1.165, 1.54) is 6.07 Å². The highest BCUT2D eigenvalue weighted by Gasteiger charge is 2.25. The highest BCUT2D eigenvalue weighted by atomic mass is 19.1. The van der Waals surface area contributed by atoms with E-state index in [0.29, 0.717) is 18.0 Å². The molecular weight excluding hydrogens is 319 g/mol. The average molecular weight is 342 g/mol. The van der Waals surface area contributed by atoms with Crippen molar-refractivity contribution in [1.29, 1.82) is 0 Å². The van der Waals surface area contributed by atoms with E-state index in [1.807, 2.05) is 36.1 Å². The SMILES string of the molecule is CCOc1ccccc1NC(=O)CN1c2ccc(F)cc2CCC1C. The van der Waals surface area contributed by atoms with E-state index in [-0.39, 0.29) is 24.3 Å². The van der Waals surface area contributed by atoms with Crippen LogP contribution in [0.4, 0.5) is 15.8 Å². The maximum absolute atomic E-state index is 13.5. The number of hydrogen-bond donors (Lipinski definition) is 1. The van der Waals surface area contributed by atoms with Crippen molar-refractivity contribution in [3.8, 4) is 5.75 Å². The Bertz CT molecular complexity index is 763. The summed E-state index contributed by atoms with van der Waals surface area (Å²) in [6, 6.07) is 12.4. The van der Waals surface area contributed by atoms with Crippen LogP contribution in [0.25, 0.3) is 0 Å². The number of carbonyl (C=O) groups is 1. The Morgan fingerprint density at radius 1 is 1.32 bits per heavy atom. The third-order valence-corrected chi connectivity index (χ3v) is 4.49. The summed E-state index contributed by atoms with van der Waals surface area (Å²) in [6.45, 7) is 4.76. The number of nitrogens with one attached hydrogen (secondary N) is 1. The number of carbonyl (C=O) groups excluding carboxylic acids is 1. The van der Waals surface area contributed by atoms with Gasteiger partial charge in [0.05, 0.1) is 18.8 Å². The molecule has 25 heavy (non-hydrogen) atoms. The van der Waals surface area contributed by atoms with Gasteiger partial charge in [0.2, 0.25) is 5.91 Å². The van der Waals surface area contributed by atoms with Gasteiger partial charge < -0.3 is 15.0 Å². The van der Waals surface area contributed by atoms with Crippen molar-refractivity contribution in [2.75, 3.05) is 23.4 Å². The normalized spacial score (nSPS) is 16.3. The van der Waals surface area contributed by atoms with Gasteiger partial charge in [0.15, 0.2) is 0 Å². The lowest BCUT2D eigenvalue weighted by Gasteiger charge is -2.36. The number of para-hydroxylation sites is 2. The quantitative estimate of drug-likeness (QED) is 0.893. The summed E-state index contributed by atoms with van der Waals surface area (Å²) in [7, 11) is 0. The molecular formula is C20H23FN2O2. The number of nitrogens with zero attached hydrogens (tertiary/aromatic N) is 1. The third-order valence-electron chi connectivity index (χ3n) is 4.49. The number of benzene rings is 2. The highest BCUT2D eigenvalue weighted by molar-refractivity contribution is 5.95. The van der Waals surface area contributed by atoms with Gasteiger partial charge in [-0.05, 0) is 62.6 Å². The van der Waals surface area contributed by atoms with E-state index in [9.17, 15) is 9.18 Å². The largest absolute Gasteiger partial charge is 0.492 e. The molecule has 0 bridgehead atoms. The molecule has 1 atom stereocenters. The summed E-state index contributed by atoms with van der Waals surface area (Å²) in [5.74, 6) is 0.312. The zero-order valence-electron chi connectivity index (χ0n) is 14.6. The number of ether oxygens (including phenoxy) is 1. The first kappa shape index (κ1) is 17.3.